The molecule has 0 aromatic heterocycles. The van der Waals surface area contributed by atoms with Gasteiger partial charge in [-0.05, 0) is 48.5 Å². The maximum atomic E-state index is 5.67. The molecule has 3 heteroatoms. The zero-order valence-corrected chi connectivity index (χ0v) is 14.5. The molecule has 0 fully saturated rings. The summed E-state index contributed by atoms with van der Waals surface area (Å²) in [5.41, 5.74) is 0. The predicted octanol–water partition coefficient (Wildman–Crippen LogP) is 4.81. The van der Waals surface area contributed by atoms with Gasteiger partial charge in [-0.2, -0.15) is 0 Å². The van der Waals surface area contributed by atoms with E-state index in [-0.39, 0.29) is 10.9 Å². The quantitative estimate of drug-likeness (QED) is 0.455. The van der Waals surface area contributed by atoms with Gasteiger partial charge in [0.05, 0.1) is 17.5 Å². The molecule has 122 valence electrons. The zero-order valence-electron chi connectivity index (χ0n) is 13.7. The van der Waals surface area contributed by atoms with Crippen LogP contribution in [0.15, 0.2) is 99.6 Å². The first-order valence-electron chi connectivity index (χ1n) is 7.94. The van der Waals surface area contributed by atoms with E-state index in [4.69, 9.17) is 9.47 Å². The normalized spacial score (nSPS) is 10.8. The molecule has 0 unspecified atom stereocenters. The number of benzene rings is 3. The van der Waals surface area contributed by atoms with Crippen molar-refractivity contribution in [2.45, 2.75) is 14.7 Å². The SMILES string of the molecule is COCCOc1ccc([S+](c2ccccc2)c2ccccc2)cc1. The van der Waals surface area contributed by atoms with Gasteiger partial charge < -0.3 is 9.47 Å². The van der Waals surface area contributed by atoms with Crippen LogP contribution in [0.3, 0.4) is 0 Å². The van der Waals surface area contributed by atoms with Gasteiger partial charge in [-0.15, -0.1) is 0 Å². The van der Waals surface area contributed by atoms with Crippen molar-refractivity contribution in [1.29, 1.82) is 0 Å². The number of hydrogen-bond acceptors (Lipinski definition) is 2. The van der Waals surface area contributed by atoms with Crippen LogP contribution in [-0.2, 0) is 15.6 Å². The summed E-state index contributed by atoms with van der Waals surface area (Å²) in [6.07, 6.45) is 0. The van der Waals surface area contributed by atoms with E-state index in [9.17, 15) is 0 Å². The van der Waals surface area contributed by atoms with Crippen LogP contribution in [-0.4, -0.2) is 20.3 Å². The highest BCUT2D eigenvalue weighted by atomic mass is 32.2. The van der Waals surface area contributed by atoms with Crippen LogP contribution in [0.5, 0.6) is 5.75 Å². The van der Waals surface area contributed by atoms with Crippen LogP contribution in [0.1, 0.15) is 0 Å². The van der Waals surface area contributed by atoms with Gasteiger partial charge in [0.1, 0.15) is 12.4 Å². The molecule has 0 amide bonds. The Morgan fingerprint density at radius 3 is 1.62 bits per heavy atom. The van der Waals surface area contributed by atoms with Gasteiger partial charge in [0, 0.05) is 7.11 Å². The van der Waals surface area contributed by atoms with Crippen molar-refractivity contribution in [3.05, 3.63) is 84.9 Å². The van der Waals surface area contributed by atoms with E-state index in [1.165, 1.54) is 14.7 Å². The second-order valence-corrected chi connectivity index (χ2v) is 7.27. The van der Waals surface area contributed by atoms with Crippen LogP contribution in [0.2, 0.25) is 0 Å². The van der Waals surface area contributed by atoms with Gasteiger partial charge in [-0.25, -0.2) is 0 Å². The minimum atomic E-state index is -0.110. The molecule has 24 heavy (non-hydrogen) atoms. The minimum absolute atomic E-state index is 0.110. The zero-order chi connectivity index (χ0) is 16.6. The van der Waals surface area contributed by atoms with Crippen LogP contribution < -0.4 is 4.74 Å². The van der Waals surface area contributed by atoms with Crippen LogP contribution in [0.25, 0.3) is 0 Å². The average molecular weight is 337 g/mol. The van der Waals surface area contributed by atoms with Crippen LogP contribution in [0, 0.1) is 0 Å². The molecule has 0 heterocycles. The summed E-state index contributed by atoms with van der Waals surface area (Å²) in [4.78, 5) is 3.92. The predicted molar refractivity (Wildman–Crippen MR) is 98.9 cm³/mol. The topological polar surface area (TPSA) is 18.5 Å². The lowest BCUT2D eigenvalue weighted by molar-refractivity contribution is 0.146. The maximum absolute atomic E-state index is 5.67. The molecule has 3 rings (SSSR count). The first-order valence-corrected chi connectivity index (χ1v) is 9.17. The lowest BCUT2D eigenvalue weighted by atomic mass is 10.3. The molecule has 0 aliphatic heterocycles. The van der Waals surface area contributed by atoms with Crippen LogP contribution >= 0.6 is 0 Å². The fraction of sp³-hybridized carbons (Fsp3) is 0.143. The molecule has 0 saturated carbocycles. The van der Waals surface area contributed by atoms with Crippen molar-refractivity contribution in [1.82, 2.24) is 0 Å². The van der Waals surface area contributed by atoms with Crippen molar-refractivity contribution in [2.24, 2.45) is 0 Å². The third kappa shape index (κ3) is 4.19. The number of ether oxygens (including phenoxy) is 2. The fourth-order valence-electron chi connectivity index (χ4n) is 2.44. The third-order valence-electron chi connectivity index (χ3n) is 3.57. The summed E-state index contributed by atoms with van der Waals surface area (Å²) in [6.45, 7) is 1.17. The summed E-state index contributed by atoms with van der Waals surface area (Å²) >= 11 is 0. The Balaban J connectivity index is 1.89. The molecule has 0 bridgehead atoms. The van der Waals surface area contributed by atoms with E-state index in [1.54, 1.807) is 7.11 Å². The van der Waals surface area contributed by atoms with Crippen molar-refractivity contribution < 1.29 is 9.47 Å². The molecule has 0 N–H and O–H groups in total. The fourth-order valence-corrected chi connectivity index (χ4v) is 4.52. The maximum Gasteiger partial charge on any atom is 0.166 e. The largest absolute Gasteiger partial charge is 0.491 e. The van der Waals surface area contributed by atoms with Gasteiger partial charge >= 0.3 is 0 Å². The Hall–Kier alpha value is -2.23. The number of rotatable bonds is 7. The molecular weight excluding hydrogens is 316 g/mol. The van der Waals surface area contributed by atoms with E-state index < -0.39 is 0 Å². The highest BCUT2D eigenvalue weighted by Gasteiger charge is 2.28. The van der Waals surface area contributed by atoms with Crippen molar-refractivity contribution in [3.8, 4) is 5.75 Å². The van der Waals surface area contributed by atoms with E-state index in [1.807, 2.05) is 12.1 Å². The number of hydrogen-bond donors (Lipinski definition) is 0. The molecule has 3 aromatic carbocycles. The van der Waals surface area contributed by atoms with E-state index in [0.29, 0.717) is 13.2 Å². The molecule has 0 aliphatic rings. The van der Waals surface area contributed by atoms with E-state index in [0.717, 1.165) is 5.75 Å². The minimum Gasteiger partial charge on any atom is -0.491 e. The standard InChI is InChI=1S/C21H21O2S/c1-22-16-17-23-18-12-14-21(15-13-18)24(19-8-4-2-5-9-19)20-10-6-3-7-11-20/h2-15H,16-17H2,1H3/q+1. The Bertz CT molecular complexity index is 687. The van der Waals surface area contributed by atoms with Crippen LogP contribution in [0.4, 0.5) is 0 Å². The summed E-state index contributed by atoms with van der Waals surface area (Å²) in [5, 5.41) is 0. The van der Waals surface area contributed by atoms with Gasteiger partial charge in [0.2, 0.25) is 0 Å². The molecule has 2 nitrogen and oxygen atoms in total. The summed E-state index contributed by atoms with van der Waals surface area (Å²) in [7, 11) is 1.57. The molecule has 0 spiro atoms. The highest BCUT2D eigenvalue weighted by Crippen LogP contribution is 2.31. The molecule has 0 radical (unpaired) electrons. The summed E-state index contributed by atoms with van der Waals surface area (Å²) in [5.74, 6) is 0.875. The first kappa shape index (κ1) is 16.6. The van der Waals surface area contributed by atoms with Gasteiger partial charge in [-0.3, -0.25) is 0 Å². The Labute approximate surface area is 146 Å². The lowest BCUT2D eigenvalue weighted by Crippen LogP contribution is -2.06. The van der Waals surface area contributed by atoms with E-state index >= 15 is 0 Å². The smallest absolute Gasteiger partial charge is 0.166 e. The Morgan fingerprint density at radius 2 is 1.12 bits per heavy atom. The third-order valence-corrected chi connectivity index (χ3v) is 5.80. The molecule has 0 saturated heterocycles. The number of methoxy groups -OCH3 is 1. The first-order chi connectivity index (χ1) is 11.9. The molecule has 0 atom stereocenters. The van der Waals surface area contributed by atoms with E-state index in [2.05, 4.69) is 72.8 Å². The van der Waals surface area contributed by atoms with Gasteiger partial charge in [-0.1, -0.05) is 36.4 Å². The van der Waals surface area contributed by atoms with Crippen molar-refractivity contribution in [3.63, 3.8) is 0 Å². The second-order valence-electron chi connectivity index (χ2n) is 5.24. The molecular formula is C21H21O2S+. The summed E-state index contributed by atoms with van der Waals surface area (Å²) in [6, 6.07) is 29.7. The van der Waals surface area contributed by atoms with Crippen molar-refractivity contribution in [2.75, 3.05) is 20.3 Å². The van der Waals surface area contributed by atoms with Crippen molar-refractivity contribution >= 4 is 10.9 Å². The summed E-state index contributed by atoms with van der Waals surface area (Å²) < 4.78 is 10.7. The van der Waals surface area contributed by atoms with Gasteiger partial charge in [0.25, 0.3) is 0 Å². The monoisotopic (exact) mass is 337 g/mol. The lowest BCUT2D eigenvalue weighted by Gasteiger charge is -2.09. The average Bonchev–Trinajstić information content (AvgIpc) is 2.65. The van der Waals surface area contributed by atoms with Gasteiger partial charge in [0.15, 0.2) is 14.7 Å². The Morgan fingerprint density at radius 1 is 0.625 bits per heavy atom. The Kier molecular flexibility index (Phi) is 5.94. The second kappa shape index (κ2) is 8.57. The highest BCUT2D eigenvalue weighted by molar-refractivity contribution is 7.97. The molecule has 3 aromatic rings. The molecule has 0 aliphatic carbocycles.